The molecule has 1 aromatic heterocycles. The average molecular weight is 379 g/mol. The molecule has 0 radical (unpaired) electrons. The molecule has 0 fully saturated rings. The molecule has 1 heterocycles. The van der Waals surface area contributed by atoms with Crippen molar-refractivity contribution in [3.05, 3.63) is 71.3 Å². The van der Waals surface area contributed by atoms with Crippen molar-refractivity contribution in [1.82, 2.24) is 15.3 Å². The van der Waals surface area contributed by atoms with Crippen LogP contribution < -0.4 is 19.5 Å². The summed E-state index contributed by atoms with van der Waals surface area (Å²) in [4.78, 5) is 21.0. The summed E-state index contributed by atoms with van der Waals surface area (Å²) in [6.45, 7) is 2.43. The third-order valence-corrected chi connectivity index (χ3v) is 4.11. The highest BCUT2D eigenvalue weighted by Crippen LogP contribution is 2.26. The summed E-state index contributed by atoms with van der Waals surface area (Å²) in [5.74, 6) is 0.667. The van der Waals surface area contributed by atoms with Crippen LogP contribution in [0.2, 0.25) is 0 Å². The molecule has 0 aliphatic rings. The van der Waals surface area contributed by atoms with E-state index in [0.29, 0.717) is 29.6 Å². The minimum atomic E-state index is -0.256. The van der Waals surface area contributed by atoms with Crippen LogP contribution in [0, 0.1) is 6.92 Å². The van der Waals surface area contributed by atoms with Gasteiger partial charge >= 0.3 is 6.01 Å². The van der Waals surface area contributed by atoms with Gasteiger partial charge in [-0.2, -0.15) is 9.97 Å². The molecule has 1 amide bonds. The number of carbonyl (C=O) groups is 1. The summed E-state index contributed by atoms with van der Waals surface area (Å²) in [6, 6.07) is 16.3. The monoisotopic (exact) mass is 379 g/mol. The Kier molecular flexibility index (Phi) is 6.06. The molecule has 28 heavy (non-hydrogen) atoms. The van der Waals surface area contributed by atoms with Gasteiger partial charge in [0, 0.05) is 6.54 Å². The molecule has 7 heteroatoms. The maximum Gasteiger partial charge on any atom is 0.328 e. The van der Waals surface area contributed by atoms with Crippen LogP contribution in [0.25, 0.3) is 0 Å². The number of hydrogen-bond donors (Lipinski definition) is 1. The number of methoxy groups -OCH3 is 2. The Morgan fingerprint density at radius 3 is 2.29 bits per heavy atom. The zero-order valence-electron chi connectivity index (χ0n) is 15.9. The van der Waals surface area contributed by atoms with Crippen molar-refractivity contribution in [3.8, 4) is 23.5 Å². The van der Waals surface area contributed by atoms with Gasteiger partial charge in [-0.1, -0.05) is 36.4 Å². The first-order chi connectivity index (χ1) is 13.6. The summed E-state index contributed by atoms with van der Waals surface area (Å²) >= 11 is 0. The minimum Gasteiger partial charge on any atom is -0.481 e. The number of benzene rings is 2. The van der Waals surface area contributed by atoms with E-state index in [1.807, 2.05) is 31.2 Å². The van der Waals surface area contributed by atoms with E-state index in [2.05, 4.69) is 15.3 Å². The molecule has 0 unspecified atom stereocenters. The van der Waals surface area contributed by atoms with Gasteiger partial charge in [-0.3, -0.25) is 4.79 Å². The zero-order chi connectivity index (χ0) is 19.9. The van der Waals surface area contributed by atoms with E-state index < -0.39 is 0 Å². The Balaban J connectivity index is 1.79. The van der Waals surface area contributed by atoms with E-state index in [9.17, 15) is 4.79 Å². The number of aromatic nitrogens is 2. The molecule has 7 nitrogen and oxygen atoms in total. The normalized spacial score (nSPS) is 10.2. The maximum absolute atomic E-state index is 12.7. The van der Waals surface area contributed by atoms with Crippen LogP contribution in [0.4, 0.5) is 0 Å². The Bertz CT molecular complexity index is 953. The molecule has 3 aromatic rings. The number of nitrogens with one attached hydrogen (secondary N) is 1. The van der Waals surface area contributed by atoms with E-state index in [1.165, 1.54) is 20.3 Å². The molecule has 2 aromatic carbocycles. The minimum absolute atomic E-state index is 0.0235. The second-order valence-electron chi connectivity index (χ2n) is 5.94. The first-order valence-electron chi connectivity index (χ1n) is 8.67. The molecule has 144 valence electrons. The smallest absolute Gasteiger partial charge is 0.328 e. The van der Waals surface area contributed by atoms with Crippen LogP contribution in [0.1, 0.15) is 21.5 Å². The Labute approximate surface area is 163 Å². The summed E-state index contributed by atoms with van der Waals surface area (Å²) in [5.41, 5.74) is 2.54. The van der Waals surface area contributed by atoms with Crippen molar-refractivity contribution in [2.24, 2.45) is 0 Å². The maximum atomic E-state index is 12.7. The van der Waals surface area contributed by atoms with E-state index in [1.54, 1.807) is 24.3 Å². The second kappa shape index (κ2) is 8.85. The van der Waals surface area contributed by atoms with Gasteiger partial charge in [0.25, 0.3) is 5.91 Å². The van der Waals surface area contributed by atoms with Crippen molar-refractivity contribution < 1.29 is 19.0 Å². The molecule has 1 N–H and O–H groups in total. The Morgan fingerprint density at radius 1 is 0.964 bits per heavy atom. The van der Waals surface area contributed by atoms with Crippen LogP contribution in [-0.4, -0.2) is 30.1 Å². The highest BCUT2D eigenvalue weighted by atomic mass is 16.5. The standard InChI is InChI=1S/C21H21N3O4/c1-14-8-4-5-9-15(14)13-22-20(25)16-10-6-7-11-17(16)28-21-23-18(26-2)12-19(24-21)27-3/h4-12H,13H2,1-3H3,(H,22,25). The molecule has 0 atom stereocenters. The number of nitrogens with zero attached hydrogens (tertiary/aromatic N) is 2. The molecule has 0 bridgehead atoms. The SMILES string of the molecule is COc1cc(OC)nc(Oc2ccccc2C(=O)NCc2ccccc2C)n1. The summed E-state index contributed by atoms with van der Waals surface area (Å²) in [5, 5.41) is 2.92. The first kappa shape index (κ1) is 19.2. The fourth-order valence-corrected chi connectivity index (χ4v) is 2.56. The van der Waals surface area contributed by atoms with Crippen molar-refractivity contribution in [2.75, 3.05) is 14.2 Å². The fourth-order valence-electron chi connectivity index (χ4n) is 2.56. The lowest BCUT2D eigenvalue weighted by atomic mass is 10.1. The molecular weight excluding hydrogens is 358 g/mol. The van der Waals surface area contributed by atoms with Gasteiger partial charge in [-0.25, -0.2) is 0 Å². The van der Waals surface area contributed by atoms with Crippen molar-refractivity contribution in [2.45, 2.75) is 13.5 Å². The van der Waals surface area contributed by atoms with Gasteiger partial charge < -0.3 is 19.5 Å². The van der Waals surface area contributed by atoms with Gasteiger partial charge in [-0.05, 0) is 30.2 Å². The first-order valence-corrected chi connectivity index (χ1v) is 8.67. The van der Waals surface area contributed by atoms with Crippen molar-refractivity contribution in [3.63, 3.8) is 0 Å². The lowest BCUT2D eigenvalue weighted by molar-refractivity contribution is 0.0948. The quantitative estimate of drug-likeness (QED) is 0.676. The highest BCUT2D eigenvalue weighted by molar-refractivity contribution is 5.96. The topological polar surface area (TPSA) is 82.6 Å². The molecule has 0 saturated carbocycles. The lowest BCUT2D eigenvalue weighted by Crippen LogP contribution is -2.23. The fraction of sp³-hybridized carbons (Fsp3) is 0.190. The van der Waals surface area contributed by atoms with Crippen LogP contribution in [-0.2, 0) is 6.54 Å². The molecule has 0 aliphatic carbocycles. The summed E-state index contributed by atoms with van der Waals surface area (Å²) < 4.78 is 16.0. The number of rotatable bonds is 7. The number of ether oxygens (including phenoxy) is 3. The Hall–Kier alpha value is -3.61. The van der Waals surface area contributed by atoms with Gasteiger partial charge in [-0.15, -0.1) is 0 Å². The number of amides is 1. The van der Waals surface area contributed by atoms with E-state index in [0.717, 1.165) is 11.1 Å². The van der Waals surface area contributed by atoms with E-state index in [-0.39, 0.29) is 11.9 Å². The van der Waals surface area contributed by atoms with Crippen LogP contribution in [0.15, 0.2) is 54.6 Å². The van der Waals surface area contributed by atoms with Gasteiger partial charge in [0.2, 0.25) is 11.8 Å². The second-order valence-corrected chi connectivity index (χ2v) is 5.94. The number of hydrogen-bond acceptors (Lipinski definition) is 6. The third-order valence-electron chi connectivity index (χ3n) is 4.11. The molecule has 0 saturated heterocycles. The van der Waals surface area contributed by atoms with Crippen molar-refractivity contribution in [1.29, 1.82) is 0 Å². The highest BCUT2D eigenvalue weighted by Gasteiger charge is 2.15. The molecular formula is C21H21N3O4. The van der Waals surface area contributed by atoms with E-state index in [4.69, 9.17) is 14.2 Å². The van der Waals surface area contributed by atoms with Crippen molar-refractivity contribution >= 4 is 5.91 Å². The summed E-state index contributed by atoms with van der Waals surface area (Å²) in [6.07, 6.45) is 0. The van der Waals surface area contributed by atoms with Crippen LogP contribution >= 0.6 is 0 Å². The van der Waals surface area contributed by atoms with Gasteiger partial charge in [0.1, 0.15) is 5.75 Å². The summed E-state index contributed by atoms with van der Waals surface area (Å²) in [7, 11) is 2.97. The van der Waals surface area contributed by atoms with E-state index >= 15 is 0 Å². The Morgan fingerprint density at radius 2 is 1.61 bits per heavy atom. The predicted molar refractivity (Wildman–Crippen MR) is 104 cm³/mol. The number of carbonyl (C=O) groups excluding carboxylic acids is 1. The number of aryl methyl sites for hydroxylation is 1. The molecule has 0 aliphatic heterocycles. The zero-order valence-corrected chi connectivity index (χ0v) is 15.9. The van der Waals surface area contributed by atoms with Gasteiger partial charge in [0.15, 0.2) is 0 Å². The lowest BCUT2D eigenvalue weighted by Gasteiger charge is -2.12. The van der Waals surface area contributed by atoms with Gasteiger partial charge in [0.05, 0.1) is 25.8 Å². The predicted octanol–water partition coefficient (Wildman–Crippen LogP) is 3.52. The third kappa shape index (κ3) is 4.56. The van der Waals surface area contributed by atoms with Crippen LogP contribution in [0.3, 0.4) is 0 Å². The molecule has 3 rings (SSSR count). The van der Waals surface area contributed by atoms with Crippen LogP contribution in [0.5, 0.6) is 23.5 Å². The average Bonchev–Trinajstić information content (AvgIpc) is 2.73. The number of para-hydroxylation sites is 1. The largest absolute Gasteiger partial charge is 0.481 e. The molecule has 0 spiro atoms.